The number of hydrogen-bond donors (Lipinski definition) is 3. The van der Waals surface area contributed by atoms with Crippen molar-refractivity contribution < 1.29 is 9.59 Å². The Morgan fingerprint density at radius 1 is 1.29 bits per heavy atom. The lowest BCUT2D eigenvalue weighted by atomic mass is 10.1. The number of nitrogen functional groups attached to an aromatic ring is 1. The molecule has 1 aliphatic rings. The average Bonchev–Trinajstić information content (AvgIpc) is 2.83. The molecule has 0 radical (unpaired) electrons. The number of hydrogen-bond acceptors (Lipinski definition) is 5. The van der Waals surface area contributed by atoms with Crippen LogP contribution in [0.3, 0.4) is 0 Å². The summed E-state index contributed by atoms with van der Waals surface area (Å²) in [5.41, 5.74) is 12.0. The van der Waals surface area contributed by atoms with Crippen molar-refractivity contribution in [1.82, 2.24) is 5.32 Å². The minimum absolute atomic E-state index is 0.210. The van der Waals surface area contributed by atoms with Crippen molar-refractivity contribution in [2.75, 3.05) is 30.3 Å². The molecule has 2 amide bonds. The van der Waals surface area contributed by atoms with Gasteiger partial charge in [-0.15, -0.1) is 11.3 Å². The zero-order valence-electron chi connectivity index (χ0n) is 12.3. The molecule has 6 nitrogen and oxygen atoms in total. The van der Waals surface area contributed by atoms with Gasteiger partial charge in [0.1, 0.15) is 9.88 Å². The fourth-order valence-electron chi connectivity index (χ4n) is 2.48. The first-order valence-electron chi connectivity index (χ1n) is 7.31. The summed E-state index contributed by atoms with van der Waals surface area (Å²) in [7, 11) is 0. The molecule has 2 heterocycles. The first-order valence-corrected chi connectivity index (χ1v) is 8.13. The van der Waals surface area contributed by atoms with Crippen LogP contribution >= 0.6 is 11.3 Å². The fourth-order valence-corrected chi connectivity index (χ4v) is 3.67. The van der Waals surface area contributed by atoms with Crippen LogP contribution in [0.4, 0.5) is 10.7 Å². The van der Waals surface area contributed by atoms with Crippen LogP contribution in [0.5, 0.6) is 0 Å². The Kier molecular flexibility index (Phi) is 5.06. The van der Waals surface area contributed by atoms with E-state index in [0.29, 0.717) is 17.0 Å². The van der Waals surface area contributed by atoms with Gasteiger partial charge < -0.3 is 21.7 Å². The molecular formula is C14H22N4O2S. The van der Waals surface area contributed by atoms with Crippen molar-refractivity contribution in [3.63, 3.8) is 0 Å². The highest BCUT2D eigenvalue weighted by atomic mass is 32.1. The van der Waals surface area contributed by atoms with Crippen LogP contribution in [0.25, 0.3) is 0 Å². The number of nitrogens with two attached hydrogens (primary N) is 2. The van der Waals surface area contributed by atoms with Crippen LogP contribution in [0.2, 0.25) is 0 Å². The molecule has 1 aromatic rings. The minimum atomic E-state index is -0.570. The van der Waals surface area contributed by atoms with Gasteiger partial charge in [-0.3, -0.25) is 9.59 Å². The largest absolute Gasteiger partial charge is 0.397 e. The monoisotopic (exact) mass is 310 g/mol. The van der Waals surface area contributed by atoms with Crippen molar-refractivity contribution in [3.8, 4) is 0 Å². The first kappa shape index (κ1) is 15.6. The second kappa shape index (κ2) is 6.80. The van der Waals surface area contributed by atoms with Gasteiger partial charge in [0.2, 0.25) is 0 Å². The van der Waals surface area contributed by atoms with Gasteiger partial charge in [-0.05, 0) is 25.7 Å². The standard InChI is InChI=1S/C14H22N4O2S/c1-2-6-17-13(20)11-10(15)9(12(16)19)14(21-11)18-7-4-3-5-8-18/h2-8,15H2,1H3,(H2,16,19)(H,17,20). The highest BCUT2D eigenvalue weighted by molar-refractivity contribution is 7.19. The van der Waals surface area contributed by atoms with Gasteiger partial charge in [0.25, 0.3) is 11.8 Å². The summed E-state index contributed by atoms with van der Waals surface area (Å²) in [6.07, 6.45) is 4.19. The van der Waals surface area contributed by atoms with Crippen molar-refractivity contribution in [2.45, 2.75) is 32.6 Å². The molecule has 0 bridgehead atoms. The van der Waals surface area contributed by atoms with Crippen LogP contribution in [0, 0.1) is 0 Å². The van der Waals surface area contributed by atoms with Crippen molar-refractivity contribution in [1.29, 1.82) is 0 Å². The van der Waals surface area contributed by atoms with Crippen molar-refractivity contribution in [2.24, 2.45) is 5.73 Å². The van der Waals surface area contributed by atoms with E-state index in [2.05, 4.69) is 10.2 Å². The van der Waals surface area contributed by atoms with Crippen LogP contribution in [0.1, 0.15) is 52.6 Å². The summed E-state index contributed by atoms with van der Waals surface area (Å²) in [4.78, 5) is 26.4. The van der Waals surface area contributed by atoms with E-state index in [0.717, 1.165) is 37.4 Å². The topological polar surface area (TPSA) is 101 Å². The third-order valence-corrected chi connectivity index (χ3v) is 4.82. The molecule has 5 N–H and O–H groups in total. The van der Waals surface area contributed by atoms with E-state index in [4.69, 9.17) is 11.5 Å². The lowest BCUT2D eigenvalue weighted by molar-refractivity contribution is 0.0958. The highest BCUT2D eigenvalue weighted by Crippen LogP contribution is 2.39. The summed E-state index contributed by atoms with van der Waals surface area (Å²) in [6.45, 7) is 4.31. The third kappa shape index (κ3) is 3.29. The number of rotatable bonds is 5. The first-order chi connectivity index (χ1) is 10.1. The van der Waals surface area contributed by atoms with E-state index >= 15 is 0 Å². The zero-order valence-corrected chi connectivity index (χ0v) is 13.1. The maximum Gasteiger partial charge on any atom is 0.263 e. The normalized spacial score (nSPS) is 15.0. The van der Waals surface area contributed by atoms with Gasteiger partial charge in [0, 0.05) is 19.6 Å². The molecule has 0 atom stereocenters. The van der Waals surface area contributed by atoms with Gasteiger partial charge in [0.15, 0.2) is 0 Å². The zero-order chi connectivity index (χ0) is 15.4. The second-order valence-corrected chi connectivity index (χ2v) is 6.19. The Bertz CT molecular complexity index is 535. The van der Waals surface area contributed by atoms with E-state index in [-0.39, 0.29) is 11.6 Å². The molecule has 1 fully saturated rings. The molecule has 1 aliphatic heterocycles. The maximum absolute atomic E-state index is 12.1. The number of anilines is 2. The summed E-state index contributed by atoms with van der Waals surface area (Å²) in [6, 6.07) is 0. The van der Waals surface area contributed by atoms with Gasteiger partial charge >= 0.3 is 0 Å². The molecule has 0 unspecified atom stereocenters. The molecular weight excluding hydrogens is 288 g/mol. The summed E-state index contributed by atoms with van der Waals surface area (Å²) in [5, 5.41) is 3.53. The Morgan fingerprint density at radius 2 is 1.95 bits per heavy atom. The van der Waals surface area contributed by atoms with Gasteiger partial charge in [-0.25, -0.2) is 0 Å². The van der Waals surface area contributed by atoms with Crippen LogP contribution in [-0.2, 0) is 0 Å². The number of nitrogens with zero attached hydrogens (tertiary/aromatic N) is 1. The molecule has 2 rings (SSSR count). The number of nitrogens with one attached hydrogen (secondary N) is 1. The molecule has 0 saturated carbocycles. The summed E-state index contributed by atoms with van der Waals surface area (Å²) >= 11 is 1.27. The minimum Gasteiger partial charge on any atom is -0.397 e. The Morgan fingerprint density at radius 3 is 2.52 bits per heavy atom. The van der Waals surface area contributed by atoms with Gasteiger partial charge in [-0.1, -0.05) is 6.92 Å². The van der Waals surface area contributed by atoms with E-state index in [1.807, 2.05) is 6.92 Å². The number of primary amides is 1. The summed E-state index contributed by atoms with van der Waals surface area (Å²) in [5.74, 6) is -0.802. The molecule has 7 heteroatoms. The van der Waals surface area contributed by atoms with Gasteiger partial charge in [0.05, 0.1) is 11.3 Å². The molecule has 1 aromatic heterocycles. The smallest absolute Gasteiger partial charge is 0.263 e. The maximum atomic E-state index is 12.1. The Hall–Kier alpha value is -1.76. The fraction of sp³-hybridized carbons (Fsp3) is 0.571. The van der Waals surface area contributed by atoms with Gasteiger partial charge in [-0.2, -0.15) is 0 Å². The number of piperidine rings is 1. The van der Waals surface area contributed by atoms with Crippen molar-refractivity contribution in [3.05, 3.63) is 10.4 Å². The molecule has 116 valence electrons. The molecule has 21 heavy (non-hydrogen) atoms. The van der Waals surface area contributed by atoms with Crippen molar-refractivity contribution >= 4 is 33.8 Å². The van der Waals surface area contributed by atoms with E-state index in [1.54, 1.807) is 0 Å². The Labute approximate surface area is 128 Å². The predicted molar refractivity (Wildman–Crippen MR) is 85.9 cm³/mol. The SMILES string of the molecule is CCCNC(=O)c1sc(N2CCCCC2)c(C(N)=O)c1N. The highest BCUT2D eigenvalue weighted by Gasteiger charge is 2.27. The number of carbonyl (C=O) groups is 2. The average molecular weight is 310 g/mol. The summed E-state index contributed by atoms with van der Waals surface area (Å²) < 4.78 is 0. The molecule has 0 aliphatic carbocycles. The van der Waals surface area contributed by atoms with Crippen LogP contribution in [-0.4, -0.2) is 31.4 Å². The number of carbonyl (C=O) groups excluding carboxylic acids is 2. The quantitative estimate of drug-likeness (QED) is 0.768. The Balaban J connectivity index is 2.35. The predicted octanol–water partition coefficient (Wildman–Crippen LogP) is 1.56. The molecule has 0 aromatic carbocycles. The third-order valence-electron chi connectivity index (χ3n) is 3.56. The molecule has 0 spiro atoms. The van der Waals surface area contributed by atoms with E-state index in [9.17, 15) is 9.59 Å². The number of thiophene rings is 1. The van der Waals surface area contributed by atoms with Crippen LogP contribution < -0.4 is 21.7 Å². The lowest BCUT2D eigenvalue weighted by Gasteiger charge is -2.28. The lowest BCUT2D eigenvalue weighted by Crippen LogP contribution is -2.30. The van der Waals surface area contributed by atoms with E-state index in [1.165, 1.54) is 17.8 Å². The van der Waals surface area contributed by atoms with Crippen LogP contribution in [0.15, 0.2) is 0 Å². The second-order valence-electron chi connectivity index (χ2n) is 5.19. The number of amides is 2. The van der Waals surface area contributed by atoms with E-state index < -0.39 is 5.91 Å². The molecule has 1 saturated heterocycles.